The standard InChI is InChI=1S/C24H26N6O2S2/c1-29(2)13-12-25-23(31)20-15-33-21(26-20)16-34-24-28-27-22(17-8-7-11-19(14-17)32-3)30(24)18-9-5-4-6-10-18/h4-11,14-15H,12-13,16H2,1-3H3,(H,25,31). The van der Waals surface area contributed by atoms with Gasteiger partial charge in [-0.05, 0) is 38.4 Å². The van der Waals surface area contributed by atoms with Gasteiger partial charge in [-0.25, -0.2) is 4.98 Å². The molecule has 0 bridgehead atoms. The summed E-state index contributed by atoms with van der Waals surface area (Å²) in [5.41, 5.74) is 2.32. The van der Waals surface area contributed by atoms with E-state index in [2.05, 4.69) is 20.5 Å². The van der Waals surface area contributed by atoms with Gasteiger partial charge in [0.05, 0.1) is 12.9 Å². The fourth-order valence-electron chi connectivity index (χ4n) is 3.21. The summed E-state index contributed by atoms with van der Waals surface area (Å²) in [7, 11) is 5.59. The van der Waals surface area contributed by atoms with Gasteiger partial charge >= 0.3 is 0 Å². The van der Waals surface area contributed by atoms with Crippen LogP contribution < -0.4 is 10.1 Å². The van der Waals surface area contributed by atoms with Crippen molar-refractivity contribution < 1.29 is 9.53 Å². The van der Waals surface area contributed by atoms with Crippen molar-refractivity contribution in [3.05, 3.63) is 70.7 Å². The number of rotatable bonds is 10. The maximum absolute atomic E-state index is 12.3. The van der Waals surface area contributed by atoms with Crippen LogP contribution in [-0.2, 0) is 5.75 Å². The van der Waals surface area contributed by atoms with Crippen molar-refractivity contribution in [1.29, 1.82) is 0 Å². The molecule has 0 fully saturated rings. The van der Waals surface area contributed by atoms with Crippen LogP contribution in [0.5, 0.6) is 5.75 Å². The van der Waals surface area contributed by atoms with Crippen molar-refractivity contribution in [1.82, 2.24) is 30.0 Å². The van der Waals surface area contributed by atoms with Crippen LogP contribution in [0.25, 0.3) is 17.1 Å². The molecule has 4 rings (SSSR count). The number of likely N-dealkylation sites (N-methyl/N-ethyl adjacent to an activating group) is 1. The van der Waals surface area contributed by atoms with Crippen molar-refractivity contribution in [2.75, 3.05) is 34.3 Å². The van der Waals surface area contributed by atoms with E-state index in [1.54, 1.807) is 12.5 Å². The first-order chi connectivity index (χ1) is 16.5. The first kappa shape index (κ1) is 23.9. The van der Waals surface area contributed by atoms with E-state index in [-0.39, 0.29) is 5.91 Å². The number of thioether (sulfide) groups is 1. The smallest absolute Gasteiger partial charge is 0.270 e. The average Bonchev–Trinajstić information content (AvgIpc) is 3.50. The SMILES string of the molecule is COc1cccc(-c2nnc(SCc3nc(C(=O)NCCN(C)C)cs3)n2-c2ccccc2)c1. The molecule has 2 aromatic heterocycles. The van der Waals surface area contributed by atoms with Crippen LogP contribution in [0.4, 0.5) is 0 Å². The van der Waals surface area contributed by atoms with E-state index in [1.807, 2.05) is 78.2 Å². The normalized spacial score (nSPS) is 11.1. The highest BCUT2D eigenvalue weighted by Gasteiger charge is 2.18. The van der Waals surface area contributed by atoms with Gasteiger partial charge < -0.3 is 15.0 Å². The summed E-state index contributed by atoms with van der Waals surface area (Å²) in [6.45, 7) is 1.37. The number of amides is 1. The van der Waals surface area contributed by atoms with E-state index in [9.17, 15) is 4.79 Å². The second-order valence-corrected chi connectivity index (χ2v) is 9.57. The number of benzene rings is 2. The highest BCUT2D eigenvalue weighted by Crippen LogP contribution is 2.31. The Balaban J connectivity index is 1.53. The summed E-state index contributed by atoms with van der Waals surface area (Å²) in [4.78, 5) is 18.9. The molecule has 0 spiro atoms. The van der Waals surface area contributed by atoms with Gasteiger partial charge in [0.1, 0.15) is 16.5 Å². The molecule has 8 nitrogen and oxygen atoms in total. The quantitative estimate of drug-likeness (QED) is 0.334. The fourth-order valence-corrected chi connectivity index (χ4v) is 4.96. The number of ether oxygens (including phenoxy) is 1. The van der Waals surface area contributed by atoms with Crippen molar-refractivity contribution in [3.63, 3.8) is 0 Å². The average molecular weight is 495 g/mol. The van der Waals surface area contributed by atoms with Crippen molar-refractivity contribution >= 4 is 29.0 Å². The molecule has 176 valence electrons. The summed E-state index contributed by atoms with van der Waals surface area (Å²) in [6, 6.07) is 17.8. The Morgan fingerprint density at radius 2 is 1.97 bits per heavy atom. The van der Waals surface area contributed by atoms with Crippen LogP contribution >= 0.6 is 23.1 Å². The Morgan fingerprint density at radius 1 is 1.15 bits per heavy atom. The van der Waals surface area contributed by atoms with Crippen LogP contribution in [0.15, 0.2) is 65.1 Å². The molecule has 2 aromatic carbocycles. The van der Waals surface area contributed by atoms with Gasteiger partial charge in [-0.1, -0.05) is 42.1 Å². The lowest BCUT2D eigenvalue weighted by Crippen LogP contribution is -2.31. The zero-order valence-electron chi connectivity index (χ0n) is 19.3. The number of carbonyl (C=O) groups is 1. The zero-order valence-corrected chi connectivity index (χ0v) is 20.9. The Hall–Kier alpha value is -3.21. The summed E-state index contributed by atoms with van der Waals surface area (Å²) in [6.07, 6.45) is 0. The largest absolute Gasteiger partial charge is 0.497 e. The molecule has 0 saturated heterocycles. The molecule has 0 atom stereocenters. The van der Waals surface area contributed by atoms with E-state index in [0.29, 0.717) is 18.0 Å². The van der Waals surface area contributed by atoms with E-state index in [4.69, 9.17) is 4.74 Å². The van der Waals surface area contributed by atoms with Gasteiger partial charge in [0, 0.05) is 29.7 Å². The number of para-hydroxylation sites is 1. The molecular weight excluding hydrogens is 468 g/mol. The maximum Gasteiger partial charge on any atom is 0.270 e. The molecule has 0 aliphatic rings. The summed E-state index contributed by atoms with van der Waals surface area (Å²) < 4.78 is 7.42. The predicted octanol–water partition coefficient (Wildman–Crippen LogP) is 3.98. The third-order valence-corrected chi connectivity index (χ3v) is 6.90. The van der Waals surface area contributed by atoms with Crippen LogP contribution in [0.3, 0.4) is 0 Å². The van der Waals surface area contributed by atoms with Crippen LogP contribution in [0.2, 0.25) is 0 Å². The monoisotopic (exact) mass is 494 g/mol. The second kappa shape index (κ2) is 11.3. The highest BCUT2D eigenvalue weighted by atomic mass is 32.2. The number of nitrogens with zero attached hydrogens (tertiary/aromatic N) is 5. The lowest BCUT2D eigenvalue weighted by molar-refractivity contribution is 0.0946. The number of thiazole rings is 1. The molecule has 2 heterocycles. The number of methoxy groups -OCH3 is 1. The maximum atomic E-state index is 12.3. The Labute approximate surface area is 207 Å². The molecule has 0 radical (unpaired) electrons. The lowest BCUT2D eigenvalue weighted by atomic mass is 10.2. The Bertz CT molecular complexity index is 1240. The topological polar surface area (TPSA) is 85.2 Å². The van der Waals surface area contributed by atoms with E-state index in [0.717, 1.165) is 39.5 Å². The van der Waals surface area contributed by atoms with Gasteiger partial charge in [0.15, 0.2) is 11.0 Å². The van der Waals surface area contributed by atoms with Gasteiger partial charge in [-0.15, -0.1) is 21.5 Å². The van der Waals surface area contributed by atoms with Gasteiger partial charge in [0.25, 0.3) is 5.91 Å². The molecule has 0 aliphatic heterocycles. The molecular formula is C24H26N6O2S2. The van der Waals surface area contributed by atoms with Crippen molar-refractivity contribution in [3.8, 4) is 22.8 Å². The first-order valence-corrected chi connectivity index (χ1v) is 12.6. The second-order valence-electron chi connectivity index (χ2n) is 7.68. The molecule has 0 aliphatic carbocycles. The third kappa shape index (κ3) is 5.82. The molecule has 34 heavy (non-hydrogen) atoms. The summed E-state index contributed by atoms with van der Waals surface area (Å²) in [5, 5.41) is 15.2. The minimum absolute atomic E-state index is 0.151. The van der Waals surface area contributed by atoms with E-state index >= 15 is 0 Å². The Morgan fingerprint density at radius 3 is 2.74 bits per heavy atom. The summed E-state index contributed by atoms with van der Waals surface area (Å²) in [5.74, 6) is 1.92. The number of aromatic nitrogens is 4. The predicted molar refractivity (Wildman–Crippen MR) is 136 cm³/mol. The molecule has 0 saturated carbocycles. The van der Waals surface area contributed by atoms with E-state index < -0.39 is 0 Å². The van der Waals surface area contributed by atoms with Crippen LogP contribution in [-0.4, -0.2) is 64.9 Å². The lowest BCUT2D eigenvalue weighted by Gasteiger charge is -2.10. The third-order valence-electron chi connectivity index (χ3n) is 4.93. The minimum Gasteiger partial charge on any atom is -0.497 e. The van der Waals surface area contributed by atoms with E-state index in [1.165, 1.54) is 23.1 Å². The summed E-state index contributed by atoms with van der Waals surface area (Å²) >= 11 is 3.00. The molecule has 0 unspecified atom stereocenters. The fraction of sp³-hybridized carbons (Fsp3) is 0.250. The highest BCUT2D eigenvalue weighted by molar-refractivity contribution is 7.98. The minimum atomic E-state index is -0.151. The number of hydrogen-bond acceptors (Lipinski definition) is 8. The van der Waals surface area contributed by atoms with Crippen LogP contribution in [0, 0.1) is 0 Å². The molecule has 1 N–H and O–H groups in total. The van der Waals surface area contributed by atoms with Gasteiger partial charge in [0.2, 0.25) is 0 Å². The number of nitrogens with one attached hydrogen (secondary N) is 1. The Kier molecular flexibility index (Phi) is 7.94. The van der Waals surface area contributed by atoms with Crippen LogP contribution in [0.1, 0.15) is 15.5 Å². The molecule has 4 aromatic rings. The number of hydrogen-bond donors (Lipinski definition) is 1. The zero-order chi connectivity index (χ0) is 23.9. The van der Waals surface area contributed by atoms with Gasteiger partial charge in [-0.3, -0.25) is 9.36 Å². The van der Waals surface area contributed by atoms with Gasteiger partial charge in [-0.2, -0.15) is 0 Å². The molecule has 10 heteroatoms. The molecule has 1 amide bonds. The van der Waals surface area contributed by atoms with Crippen molar-refractivity contribution in [2.24, 2.45) is 0 Å². The number of carbonyl (C=O) groups excluding carboxylic acids is 1. The first-order valence-electron chi connectivity index (χ1n) is 10.7. The van der Waals surface area contributed by atoms with Crippen molar-refractivity contribution in [2.45, 2.75) is 10.9 Å².